The molecule has 0 aliphatic carbocycles. The number of methoxy groups -OCH3 is 3. The first-order valence-electron chi connectivity index (χ1n) is 20.5. The molecule has 0 fully saturated rings. The third-order valence-corrected chi connectivity index (χ3v) is 16.0. The second kappa shape index (κ2) is 18.2. The van der Waals surface area contributed by atoms with Crippen LogP contribution in [0.3, 0.4) is 0 Å². The zero-order chi connectivity index (χ0) is 44.2. The van der Waals surface area contributed by atoms with Gasteiger partial charge in [0.05, 0.1) is 52.7 Å². The Morgan fingerprint density at radius 2 is 1.56 bits per heavy atom. The van der Waals surface area contributed by atoms with E-state index in [1.54, 1.807) is 44.3 Å². The van der Waals surface area contributed by atoms with Gasteiger partial charge < -0.3 is 28.7 Å². The lowest BCUT2D eigenvalue weighted by molar-refractivity contribution is 0.0946. The van der Waals surface area contributed by atoms with Gasteiger partial charge in [-0.3, -0.25) is 18.7 Å². The average molecular weight is 858 g/mol. The van der Waals surface area contributed by atoms with E-state index in [2.05, 4.69) is 44.3 Å². The molecule has 0 aliphatic rings. The molecule has 0 saturated carbocycles. The van der Waals surface area contributed by atoms with E-state index in [-0.39, 0.29) is 23.2 Å². The van der Waals surface area contributed by atoms with Crippen LogP contribution >= 0.6 is 0 Å². The van der Waals surface area contributed by atoms with E-state index >= 15 is 0 Å². The van der Waals surface area contributed by atoms with Crippen LogP contribution in [0.4, 0.5) is 0 Å². The Morgan fingerprint density at radius 3 is 2.26 bits per heavy atom. The molecule has 16 heteroatoms. The maximum Gasteiger partial charge on any atom is 0.270 e. The largest absolute Gasteiger partial charge is 0.497 e. The highest BCUT2D eigenvalue weighted by Gasteiger charge is 2.37. The van der Waals surface area contributed by atoms with Crippen molar-refractivity contribution < 1.29 is 28.2 Å². The monoisotopic (exact) mass is 857 g/mol. The van der Waals surface area contributed by atoms with Crippen LogP contribution in [0.2, 0.25) is 18.1 Å². The molecule has 0 radical (unpaired) electrons. The number of rotatable bonds is 17. The van der Waals surface area contributed by atoms with Crippen molar-refractivity contribution in [3.05, 3.63) is 113 Å². The van der Waals surface area contributed by atoms with E-state index in [1.165, 1.54) is 0 Å². The van der Waals surface area contributed by atoms with Crippen LogP contribution in [-0.2, 0) is 37.7 Å². The summed E-state index contributed by atoms with van der Waals surface area (Å²) < 4.78 is 35.4. The Kier molecular flexibility index (Phi) is 12.8. The molecular weight excluding hydrogens is 803 g/mol. The number of pyridine rings is 1. The molecular formula is C46H55N9O6Si. The minimum Gasteiger partial charge on any atom is -0.497 e. The van der Waals surface area contributed by atoms with Crippen molar-refractivity contribution in [2.45, 2.75) is 72.1 Å². The molecule has 4 aromatic heterocycles. The third kappa shape index (κ3) is 9.21. The van der Waals surface area contributed by atoms with Crippen molar-refractivity contribution in [2.75, 3.05) is 27.9 Å². The van der Waals surface area contributed by atoms with Gasteiger partial charge in [-0.2, -0.15) is 10.2 Å². The molecule has 7 rings (SSSR count). The minimum atomic E-state index is -2.08. The fourth-order valence-corrected chi connectivity index (χ4v) is 7.90. The summed E-state index contributed by atoms with van der Waals surface area (Å²) >= 11 is 0. The minimum absolute atomic E-state index is 0.0336. The molecule has 15 nitrogen and oxygen atoms in total. The molecule has 324 valence electrons. The van der Waals surface area contributed by atoms with E-state index in [9.17, 15) is 4.79 Å². The van der Waals surface area contributed by atoms with Gasteiger partial charge in [-0.1, -0.05) is 63.2 Å². The molecule has 0 spiro atoms. The van der Waals surface area contributed by atoms with Crippen molar-refractivity contribution >= 4 is 25.1 Å². The van der Waals surface area contributed by atoms with E-state index in [0.29, 0.717) is 83.2 Å². The number of fused-ring (bicyclic) bond motifs is 1. The number of carbonyl (C=O) groups is 1. The lowest BCUT2D eigenvalue weighted by Gasteiger charge is -2.36. The summed E-state index contributed by atoms with van der Waals surface area (Å²) in [7, 11) is 4.56. The Bertz CT molecular complexity index is 2670. The van der Waals surface area contributed by atoms with Crippen LogP contribution in [0.15, 0.2) is 85.1 Å². The number of hydrogen-bond acceptors (Lipinski definition) is 11. The van der Waals surface area contributed by atoms with Crippen LogP contribution in [0.1, 0.15) is 53.6 Å². The number of nitrogens with one attached hydrogen (secondary N) is 1. The van der Waals surface area contributed by atoms with Gasteiger partial charge in [0.2, 0.25) is 0 Å². The maximum atomic E-state index is 14.0. The van der Waals surface area contributed by atoms with Gasteiger partial charge in [0.1, 0.15) is 46.6 Å². The number of aryl methyl sites for hydroxylation is 2. The van der Waals surface area contributed by atoms with Crippen molar-refractivity contribution in [1.82, 2.24) is 44.6 Å². The Hall–Kier alpha value is -6.52. The van der Waals surface area contributed by atoms with Crippen molar-refractivity contribution in [3.63, 3.8) is 0 Å². The van der Waals surface area contributed by atoms with Crippen LogP contribution in [0.5, 0.6) is 23.0 Å². The van der Waals surface area contributed by atoms with Crippen LogP contribution in [0, 0.1) is 6.92 Å². The highest BCUT2D eigenvalue weighted by Crippen LogP contribution is 2.39. The van der Waals surface area contributed by atoms with E-state index in [4.69, 9.17) is 43.7 Å². The van der Waals surface area contributed by atoms with Crippen molar-refractivity contribution in [1.29, 1.82) is 0 Å². The molecule has 1 N–H and O–H groups in total. The zero-order valence-corrected chi connectivity index (χ0v) is 38.1. The summed E-state index contributed by atoms with van der Waals surface area (Å²) in [6.45, 7) is 14.8. The molecule has 62 heavy (non-hydrogen) atoms. The second-order valence-corrected chi connectivity index (χ2v) is 21.4. The second-order valence-electron chi connectivity index (χ2n) is 16.6. The zero-order valence-electron chi connectivity index (χ0n) is 37.1. The first-order valence-corrected chi connectivity index (χ1v) is 23.4. The van der Waals surface area contributed by atoms with E-state index in [1.807, 2.05) is 90.0 Å². The fourth-order valence-electron chi connectivity index (χ4n) is 6.86. The molecule has 1 amide bonds. The number of ether oxygens (including phenoxy) is 4. The number of benzene rings is 3. The fraction of sp³-hybridized carbons (Fsp3) is 0.348. The smallest absolute Gasteiger partial charge is 0.270 e. The van der Waals surface area contributed by atoms with E-state index < -0.39 is 8.32 Å². The lowest BCUT2D eigenvalue weighted by atomic mass is 10.1. The van der Waals surface area contributed by atoms with Gasteiger partial charge in [0.15, 0.2) is 25.7 Å². The predicted octanol–water partition coefficient (Wildman–Crippen LogP) is 8.00. The maximum absolute atomic E-state index is 14.0. The van der Waals surface area contributed by atoms with Crippen molar-refractivity contribution in [3.8, 4) is 46.0 Å². The molecule has 0 unspecified atom stereocenters. The molecule has 3 aromatic carbocycles. The number of amides is 1. The lowest BCUT2D eigenvalue weighted by Crippen LogP contribution is -2.41. The SMILES string of the molecule is COc1ccc(Cn2c(-c3nc(C(=O)NCc4ccc(OC)cc4OC)cc4c3cnn4C)nnc2-c2c(OCc3ccccc3)c(C)nn2CCO[Si](C)(C)C(C)(C)C)cc1. The van der Waals surface area contributed by atoms with Crippen molar-refractivity contribution in [2.24, 2.45) is 7.05 Å². The van der Waals surface area contributed by atoms with Gasteiger partial charge in [-0.25, -0.2) is 4.98 Å². The normalized spacial score (nSPS) is 11.8. The van der Waals surface area contributed by atoms with Gasteiger partial charge in [-0.15, -0.1) is 10.2 Å². The summed E-state index contributed by atoms with van der Waals surface area (Å²) in [5.74, 6) is 3.10. The van der Waals surface area contributed by atoms with Crippen LogP contribution < -0.4 is 24.3 Å². The van der Waals surface area contributed by atoms with Crippen LogP contribution in [-0.4, -0.2) is 81.5 Å². The molecule has 0 saturated heterocycles. The summed E-state index contributed by atoms with van der Waals surface area (Å²) in [4.78, 5) is 19.0. The number of carbonyl (C=O) groups excluding carboxylic acids is 1. The number of nitrogens with zero attached hydrogens (tertiary/aromatic N) is 8. The van der Waals surface area contributed by atoms with Gasteiger partial charge in [0.25, 0.3) is 5.91 Å². The topological polar surface area (TPSA) is 154 Å². The van der Waals surface area contributed by atoms with E-state index in [0.717, 1.165) is 22.4 Å². The Balaban J connectivity index is 1.35. The Labute approximate surface area is 363 Å². The highest BCUT2D eigenvalue weighted by atomic mass is 28.4. The Morgan fingerprint density at radius 1 is 0.855 bits per heavy atom. The van der Waals surface area contributed by atoms with Gasteiger partial charge in [-0.05, 0) is 66.5 Å². The summed E-state index contributed by atoms with van der Waals surface area (Å²) in [6, 6.07) is 25.0. The summed E-state index contributed by atoms with van der Waals surface area (Å²) in [6.07, 6.45) is 1.73. The standard InChI is InChI=1S/C46H55N9O6Si/c1-30-42(60-29-32-14-12-11-13-15-32)41(55(52-30)22-23-61-62(9,10)46(2,3)4)44-51-50-43(54(44)28-31-16-19-34(57-6)20-17-31)40-36-27-48-53(5)38(36)25-37(49-40)45(56)47-26-33-18-21-35(58-7)24-39(33)59-8/h11-21,24-25,27H,22-23,26,28-29H2,1-10H3,(H,47,56). The summed E-state index contributed by atoms with van der Waals surface area (Å²) in [5.41, 5.74) is 5.39. The first kappa shape index (κ1) is 43.6. The molecule has 4 heterocycles. The highest BCUT2D eigenvalue weighted by molar-refractivity contribution is 6.74. The third-order valence-electron chi connectivity index (χ3n) is 11.5. The molecule has 0 bridgehead atoms. The molecule has 0 aliphatic heterocycles. The summed E-state index contributed by atoms with van der Waals surface area (Å²) in [5, 5.41) is 23.1. The molecule has 7 aromatic rings. The number of hydrogen-bond donors (Lipinski definition) is 1. The predicted molar refractivity (Wildman–Crippen MR) is 240 cm³/mol. The first-order chi connectivity index (χ1) is 29.7. The quantitative estimate of drug-likeness (QED) is 0.0887. The molecule has 0 atom stereocenters. The van der Waals surface area contributed by atoms with Gasteiger partial charge in [0, 0.05) is 30.6 Å². The van der Waals surface area contributed by atoms with Gasteiger partial charge >= 0.3 is 0 Å². The number of aromatic nitrogens is 8. The van der Waals surface area contributed by atoms with Crippen LogP contribution in [0.25, 0.3) is 33.9 Å². The average Bonchev–Trinajstić information content (AvgIpc) is 3.95.